The Morgan fingerprint density at radius 2 is 2.33 bits per heavy atom. The monoisotopic (exact) mass is 276 g/mol. The lowest BCUT2D eigenvalue weighted by molar-refractivity contribution is 0.491. The summed E-state index contributed by atoms with van der Waals surface area (Å²) < 4.78 is 0.640. The van der Waals surface area contributed by atoms with Crippen molar-refractivity contribution >= 4 is 32.8 Å². The fourth-order valence-electron chi connectivity index (χ4n) is 2.41. The lowest BCUT2D eigenvalue weighted by Gasteiger charge is -2.17. The van der Waals surface area contributed by atoms with Crippen LogP contribution in [0.1, 0.15) is 12.8 Å². The Kier molecular flexibility index (Phi) is 2.47. The largest absolute Gasteiger partial charge is 0.332 e. The predicted octanol–water partition coefficient (Wildman–Crippen LogP) is 1.90. The molecule has 2 atom stereocenters. The average molecular weight is 276 g/mol. The highest BCUT2D eigenvalue weighted by Crippen LogP contribution is 2.36. The summed E-state index contributed by atoms with van der Waals surface area (Å²) in [7, 11) is 0. The second-order valence-corrected chi connectivity index (χ2v) is 5.76. The summed E-state index contributed by atoms with van der Waals surface area (Å²) >= 11 is 2.47. The molecule has 0 bridgehead atoms. The van der Waals surface area contributed by atoms with Crippen LogP contribution in [0.4, 0.5) is 0 Å². The minimum absolute atomic E-state index is 0.613. The van der Waals surface area contributed by atoms with Crippen LogP contribution in [-0.4, -0.2) is 28.3 Å². The molecule has 0 radical (unpaired) electrons. The van der Waals surface area contributed by atoms with Crippen LogP contribution in [0.3, 0.4) is 0 Å². The van der Waals surface area contributed by atoms with Crippen LogP contribution in [-0.2, 0) is 0 Å². The highest BCUT2D eigenvalue weighted by Gasteiger charge is 2.40. The van der Waals surface area contributed by atoms with E-state index < -0.39 is 0 Å². The molecule has 4 heteroatoms. The summed E-state index contributed by atoms with van der Waals surface area (Å²) in [5.41, 5.74) is 1.01. The van der Waals surface area contributed by atoms with Gasteiger partial charge in [-0.05, 0) is 31.8 Å². The quantitative estimate of drug-likeness (QED) is 0.574. The molecule has 0 aromatic rings. The Bertz CT molecular complexity index is 207. The SMILES string of the molecule is CB(I)N1CC2CCC(=N)C2C1. The molecule has 1 aliphatic heterocycles. The maximum absolute atomic E-state index is 7.78. The average Bonchev–Trinajstić information content (AvgIpc) is 2.53. The van der Waals surface area contributed by atoms with E-state index in [0.29, 0.717) is 10.6 Å². The molecule has 2 unspecified atom stereocenters. The summed E-state index contributed by atoms with van der Waals surface area (Å²) in [4.78, 5) is 2.50. The zero-order valence-electron chi connectivity index (χ0n) is 7.39. The molecule has 2 nitrogen and oxygen atoms in total. The van der Waals surface area contributed by atoms with Crippen molar-refractivity contribution in [3.05, 3.63) is 0 Å². The van der Waals surface area contributed by atoms with Crippen molar-refractivity contribution in [1.82, 2.24) is 4.81 Å². The first kappa shape index (κ1) is 9.00. The number of rotatable bonds is 1. The molecule has 12 heavy (non-hydrogen) atoms. The van der Waals surface area contributed by atoms with Crippen LogP contribution < -0.4 is 0 Å². The molecular weight excluding hydrogens is 262 g/mol. The lowest BCUT2D eigenvalue weighted by atomic mass is 9.96. The van der Waals surface area contributed by atoms with Gasteiger partial charge in [0.2, 0.25) is 0 Å². The molecule has 1 saturated heterocycles. The van der Waals surface area contributed by atoms with Crippen LogP contribution in [0.15, 0.2) is 0 Å². The van der Waals surface area contributed by atoms with Gasteiger partial charge in [0.15, 0.2) is 0 Å². The Morgan fingerprint density at radius 3 is 2.92 bits per heavy atom. The number of fused-ring (bicyclic) bond motifs is 1. The minimum Gasteiger partial charge on any atom is -0.332 e. The van der Waals surface area contributed by atoms with Crippen LogP contribution in [0.5, 0.6) is 0 Å². The zero-order chi connectivity index (χ0) is 8.72. The van der Waals surface area contributed by atoms with Gasteiger partial charge in [-0.25, -0.2) is 0 Å². The van der Waals surface area contributed by atoms with Crippen molar-refractivity contribution in [3.63, 3.8) is 0 Å². The van der Waals surface area contributed by atoms with Crippen molar-refractivity contribution < 1.29 is 0 Å². The molecule has 0 spiro atoms. The van der Waals surface area contributed by atoms with Crippen molar-refractivity contribution in [2.24, 2.45) is 11.8 Å². The van der Waals surface area contributed by atoms with Gasteiger partial charge in [0.1, 0.15) is 0 Å². The van der Waals surface area contributed by atoms with E-state index in [0.717, 1.165) is 24.6 Å². The number of hydrogen-bond donors (Lipinski definition) is 1. The van der Waals surface area contributed by atoms with E-state index in [1.165, 1.54) is 13.0 Å². The fraction of sp³-hybridized carbons (Fsp3) is 0.875. The summed E-state index contributed by atoms with van der Waals surface area (Å²) in [6, 6.07) is 0. The Morgan fingerprint density at radius 1 is 1.58 bits per heavy atom. The zero-order valence-corrected chi connectivity index (χ0v) is 9.54. The molecule has 1 heterocycles. The van der Waals surface area contributed by atoms with E-state index in [2.05, 4.69) is 34.0 Å². The lowest BCUT2D eigenvalue weighted by Crippen LogP contribution is -2.31. The third-order valence-electron chi connectivity index (χ3n) is 3.20. The van der Waals surface area contributed by atoms with Gasteiger partial charge in [-0.1, -0.05) is 6.82 Å². The van der Waals surface area contributed by atoms with Crippen molar-refractivity contribution in [1.29, 1.82) is 5.41 Å². The third-order valence-corrected chi connectivity index (χ3v) is 3.99. The normalized spacial score (nSPS) is 35.7. The molecule has 0 aromatic heterocycles. The Labute approximate surface area is 87.6 Å². The molecule has 2 rings (SSSR count). The van der Waals surface area contributed by atoms with E-state index in [4.69, 9.17) is 5.41 Å². The number of halogens is 1. The van der Waals surface area contributed by atoms with Gasteiger partial charge < -0.3 is 10.2 Å². The van der Waals surface area contributed by atoms with Crippen molar-refractivity contribution in [3.8, 4) is 0 Å². The van der Waals surface area contributed by atoms with Gasteiger partial charge in [0.25, 0.3) is 4.70 Å². The number of nitrogens with zero attached hydrogens (tertiary/aromatic N) is 1. The second-order valence-electron chi connectivity index (χ2n) is 3.96. The minimum atomic E-state index is 0.613. The van der Waals surface area contributed by atoms with E-state index in [9.17, 15) is 0 Å². The first-order valence-corrected chi connectivity index (χ1v) is 5.88. The summed E-state index contributed by atoms with van der Waals surface area (Å²) in [5.74, 6) is 1.43. The van der Waals surface area contributed by atoms with Crippen LogP contribution in [0, 0.1) is 17.2 Å². The van der Waals surface area contributed by atoms with Gasteiger partial charge in [-0.2, -0.15) is 0 Å². The summed E-state index contributed by atoms with van der Waals surface area (Å²) in [5, 5.41) is 7.78. The van der Waals surface area contributed by atoms with Crippen LogP contribution in [0.2, 0.25) is 6.82 Å². The highest BCUT2D eigenvalue weighted by atomic mass is 127. The van der Waals surface area contributed by atoms with Crippen molar-refractivity contribution in [2.45, 2.75) is 19.7 Å². The molecular formula is C8H14BIN2. The molecule has 66 valence electrons. The molecule has 1 aliphatic carbocycles. The smallest absolute Gasteiger partial charge is 0.294 e. The van der Waals surface area contributed by atoms with Gasteiger partial charge in [-0.3, -0.25) is 0 Å². The first-order chi connectivity index (χ1) is 5.68. The molecule has 1 N–H and O–H groups in total. The standard InChI is InChI=1S/C8H14BIN2/c1-9(10)12-4-6-2-3-8(11)7(6)5-12/h6-7,11H,2-5H2,1H3. The van der Waals surface area contributed by atoms with Crippen LogP contribution >= 0.6 is 22.4 Å². The molecule has 2 aliphatic rings. The maximum Gasteiger partial charge on any atom is 0.294 e. The van der Waals surface area contributed by atoms with Gasteiger partial charge in [-0.15, -0.1) is 22.4 Å². The van der Waals surface area contributed by atoms with Gasteiger partial charge in [0, 0.05) is 11.6 Å². The van der Waals surface area contributed by atoms with E-state index in [1.54, 1.807) is 0 Å². The highest BCUT2D eigenvalue weighted by molar-refractivity contribution is 14.1. The summed E-state index contributed by atoms with van der Waals surface area (Å²) in [6.07, 6.45) is 2.34. The number of nitrogens with one attached hydrogen (secondary N) is 1. The predicted molar refractivity (Wildman–Crippen MR) is 61.2 cm³/mol. The third kappa shape index (κ3) is 1.43. The molecule has 0 amide bonds. The molecule has 2 fully saturated rings. The fourth-order valence-corrected chi connectivity index (χ4v) is 2.86. The molecule has 1 saturated carbocycles. The molecule has 0 aromatic carbocycles. The van der Waals surface area contributed by atoms with E-state index >= 15 is 0 Å². The summed E-state index contributed by atoms with van der Waals surface area (Å²) in [6.45, 7) is 4.62. The van der Waals surface area contributed by atoms with Crippen LogP contribution in [0.25, 0.3) is 0 Å². The Balaban J connectivity index is 2.03. The van der Waals surface area contributed by atoms with E-state index in [1.807, 2.05) is 0 Å². The van der Waals surface area contributed by atoms with Crippen molar-refractivity contribution in [2.75, 3.05) is 13.1 Å². The maximum atomic E-state index is 7.78. The van der Waals surface area contributed by atoms with Gasteiger partial charge >= 0.3 is 0 Å². The van der Waals surface area contributed by atoms with E-state index in [-0.39, 0.29) is 0 Å². The van der Waals surface area contributed by atoms with Gasteiger partial charge in [0.05, 0.1) is 0 Å². The topological polar surface area (TPSA) is 27.1 Å². The number of hydrogen-bond acceptors (Lipinski definition) is 2. The Hall–Kier alpha value is 0.425. The first-order valence-electron chi connectivity index (χ1n) is 4.64. The second kappa shape index (κ2) is 3.29.